The summed E-state index contributed by atoms with van der Waals surface area (Å²) in [6.07, 6.45) is 2.04. The molecule has 10 heteroatoms. The van der Waals surface area contributed by atoms with Gasteiger partial charge in [0.05, 0.1) is 10.9 Å². The van der Waals surface area contributed by atoms with E-state index < -0.39 is 23.0 Å². The van der Waals surface area contributed by atoms with E-state index in [1.807, 2.05) is 0 Å². The van der Waals surface area contributed by atoms with E-state index in [1.165, 1.54) is 6.20 Å². The van der Waals surface area contributed by atoms with Crippen LogP contribution in [0.3, 0.4) is 0 Å². The predicted molar refractivity (Wildman–Crippen MR) is 105 cm³/mol. The fourth-order valence-corrected chi connectivity index (χ4v) is 4.73. The summed E-state index contributed by atoms with van der Waals surface area (Å²) in [5, 5.41) is 3.81. The maximum Gasteiger partial charge on any atom is 0.406 e. The molecule has 0 atom stereocenters. The van der Waals surface area contributed by atoms with Crippen molar-refractivity contribution < 1.29 is 13.2 Å². The molecule has 5 rings (SSSR count). The van der Waals surface area contributed by atoms with Gasteiger partial charge in [-0.05, 0) is 57.1 Å². The summed E-state index contributed by atoms with van der Waals surface area (Å²) in [6, 6.07) is 1.67. The number of H-pyrrole nitrogens is 2. The molecule has 30 heavy (non-hydrogen) atoms. The molecule has 0 aliphatic heterocycles. The van der Waals surface area contributed by atoms with Crippen molar-refractivity contribution in [3.8, 4) is 0 Å². The molecule has 3 heterocycles. The first kappa shape index (κ1) is 19.3. The van der Waals surface area contributed by atoms with Gasteiger partial charge in [-0.1, -0.05) is 0 Å². The Morgan fingerprint density at radius 3 is 2.57 bits per heavy atom. The van der Waals surface area contributed by atoms with Gasteiger partial charge in [-0.25, -0.2) is 9.78 Å². The molecule has 0 radical (unpaired) electrons. The van der Waals surface area contributed by atoms with E-state index in [4.69, 9.17) is 0 Å². The Morgan fingerprint density at radius 2 is 1.90 bits per heavy atom. The molecular formula is C20H22F3N5O2. The number of nitrogens with one attached hydrogen (secondary N) is 3. The second-order valence-electron chi connectivity index (χ2n) is 8.53. The van der Waals surface area contributed by atoms with Crippen LogP contribution in [0.25, 0.3) is 21.9 Å². The minimum atomic E-state index is -4.21. The van der Waals surface area contributed by atoms with Gasteiger partial charge in [-0.3, -0.25) is 14.3 Å². The summed E-state index contributed by atoms with van der Waals surface area (Å²) in [5.41, 5.74) is -1.46. The number of rotatable bonds is 4. The summed E-state index contributed by atoms with van der Waals surface area (Å²) in [4.78, 5) is 34.6. The summed E-state index contributed by atoms with van der Waals surface area (Å²) in [5.74, 6) is 0.139. The first-order chi connectivity index (χ1) is 14.3. The van der Waals surface area contributed by atoms with Gasteiger partial charge in [-0.2, -0.15) is 13.2 Å². The van der Waals surface area contributed by atoms with E-state index in [0.29, 0.717) is 41.3 Å². The Morgan fingerprint density at radius 1 is 1.17 bits per heavy atom. The molecule has 0 bridgehead atoms. The first-order valence-electron chi connectivity index (χ1n) is 10.2. The molecule has 0 unspecified atom stereocenters. The van der Waals surface area contributed by atoms with Gasteiger partial charge in [-0.15, -0.1) is 0 Å². The Balaban J connectivity index is 1.38. The fraction of sp³-hybridized carbons (Fsp3) is 0.550. The van der Waals surface area contributed by atoms with Gasteiger partial charge < -0.3 is 10.3 Å². The molecule has 2 saturated carbocycles. The Kier molecular flexibility index (Phi) is 4.32. The standard InChI is InChI=1S/C20H22F3N5O2/c21-20(22,23)19(6-7-19)26-9-11-1-3-12(4-2-11)28-15-13-5-8-24-16(13)25-10-14(15)17(29)27-18(28)30/h5,8,10-12,26H,1-4,6-7,9H2,(H,24,25)(H,27,29,30). The second-order valence-corrected chi connectivity index (χ2v) is 8.53. The number of halogens is 3. The zero-order valence-electron chi connectivity index (χ0n) is 16.2. The number of aromatic nitrogens is 4. The lowest BCUT2D eigenvalue weighted by Gasteiger charge is -2.32. The summed E-state index contributed by atoms with van der Waals surface area (Å²) >= 11 is 0. The molecule has 160 valence electrons. The number of nitrogens with zero attached hydrogens (tertiary/aromatic N) is 2. The van der Waals surface area contributed by atoms with Crippen molar-refractivity contribution in [2.24, 2.45) is 5.92 Å². The van der Waals surface area contributed by atoms with Crippen LogP contribution in [-0.4, -0.2) is 37.8 Å². The normalized spacial score (nSPS) is 23.8. The maximum atomic E-state index is 13.1. The zero-order chi connectivity index (χ0) is 21.1. The molecule has 3 aromatic heterocycles. The second kappa shape index (κ2) is 6.69. The van der Waals surface area contributed by atoms with Crippen LogP contribution in [0.4, 0.5) is 13.2 Å². The highest BCUT2D eigenvalue weighted by molar-refractivity contribution is 6.01. The lowest BCUT2D eigenvalue weighted by molar-refractivity contribution is -0.166. The molecule has 0 spiro atoms. The van der Waals surface area contributed by atoms with Gasteiger partial charge in [0.2, 0.25) is 0 Å². The van der Waals surface area contributed by atoms with Crippen molar-refractivity contribution >= 4 is 21.9 Å². The zero-order valence-corrected chi connectivity index (χ0v) is 16.2. The van der Waals surface area contributed by atoms with Crippen LogP contribution >= 0.6 is 0 Å². The van der Waals surface area contributed by atoms with Crippen molar-refractivity contribution in [3.63, 3.8) is 0 Å². The highest BCUT2D eigenvalue weighted by Gasteiger charge is 2.63. The number of pyridine rings is 1. The molecule has 7 nitrogen and oxygen atoms in total. The highest BCUT2D eigenvalue weighted by atomic mass is 19.4. The van der Waals surface area contributed by atoms with Crippen molar-refractivity contribution in [1.82, 2.24) is 24.8 Å². The lowest BCUT2D eigenvalue weighted by Crippen LogP contribution is -2.47. The molecule has 2 aliphatic rings. The summed E-state index contributed by atoms with van der Waals surface area (Å²) in [7, 11) is 0. The quantitative estimate of drug-likeness (QED) is 0.604. The third-order valence-corrected chi connectivity index (χ3v) is 6.69. The average molecular weight is 421 g/mol. The topological polar surface area (TPSA) is 95.6 Å². The van der Waals surface area contributed by atoms with Crippen LogP contribution in [0.5, 0.6) is 0 Å². The van der Waals surface area contributed by atoms with Crippen LogP contribution in [0.2, 0.25) is 0 Å². The Hall–Kier alpha value is -2.62. The minimum Gasteiger partial charge on any atom is -0.346 e. The largest absolute Gasteiger partial charge is 0.406 e. The van der Waals surface area contributed by atoms with E-state index >= 15 is 0 Å². The van der Waals surface area contributed by atoms with Crippen molar-refractivity contribution in [2.75, 3.05) is 6.54 Å². The van der Waals surface area contributed by atoms with Crippen molar-refractivity contribution in [2.45, 2.75) is 56.3 Å². The highest BCUT2D eigenvalue weighted by Crippen LogP contribution is 2.49. The van der Waals surface area contributed by atoms with Crippen LogP contribution in [0, 0.1) is 5.92 Å². The number of hydrogen-bond acceptors (Lipinski definition) is 4. The van der Waals surface area contributed by atoms with E-state index in [2.05, 4.69) is 20.3 Å². The van der Waals surface area contributed by atoms with Gasteiger partial charge in [0.15, 0.2) is 0 Å². The monoisotopic (exact) mass is 421 g/mol. The minimum absolute atomic E-state index is 0.119. The van der Waals surface area contributed by atoms with Crippen LogP contribution in [0.15, 0.2) is 28.0 Å². The van der Waals surface area contributed by atoms with Crippen molar-refractivity contribution in [1.29, 1.82) is 0 Å². The van der Waals surface area contributed by atoms with Crippen LogP contribution in [0.1, 0.15) is 44.6 Å². The number of aromatic amines is 2. The number of hydrogen-bond donors (Lipinski definition) is 3. The van der Waals surface area contributed by atoms with Crippen LogP contribution < -0.4 is 16.6 Å². The summed E-state index contributed by atoms with van der Waals surface area (Å²) < 4.78 is 41.0. The van der Waals surface area contributed by atoms with Gasteiger partial charge >= 0.3 is 11.9 Å². The molecule has 3 aromatic rings. The molecule has 2 fully saturated rings. The van der Waals surface area contributed by atoms with E-state index in [-0.39, 0.29) is 24.8 Å². The first-order valence-corrected chi connectivity index (χ1v) is 10.2. The van der Waals surface area contributed by atoms with Gasteiger partial charge in [0.25, 0.3) is 5.56 Å². The van der Waals surface area contributed by atoms with E-state index in [0.717, 1.165) is 12.8 Å². The summed E-state index contributed by atoms with van der Waals surface area (Å²) in [6.45, 7) is 0.333. The number of fused-ring (bicyclic) bond motifs is 3. The SMILES string of the molecule is O=c1[nH]c(=O)n(C2CCC(CNC3(C(F)(F)F)CC3)CC2)c2c1cnc1[nH]ccc12. The molecule has 0 amide bonds. The third-order valence-electron chi connectivity index (χ3n) is 6.69. The lowest BCUT2D eigenvalue weighted by atomic mass is 9.85. The maximum absolute atomic E-state index is 13.1. The van der Waals surface area contributed by atoms with E-state index in [9.17, 15) is 22.8 Å². The number of alkyl halides is 3. The molecule has 2 aliphatic carbocycles. The van der Waals surface area contributed by atoms with Crippen LogP contribution in [-0.2, 0) is 0 Å². The average Bonchev–Trinajstić information content (AvgIpc) is 3.36. The predicted octanol–water partition coefficient (Wildman–Crippen LogP) is 2.98. The van der Waals surface area contributed by atoms with Crippen molar-refractivity contribution in [3.05, 3.63) is 39.3 Å². The molecule has 0 saturated heterocycles. The fourth-order valence-electron chi connectivity index (χ4n) is 4.73. The third kappa shape index (κ3) is 3.05. The van der Waals surface area contributed by atoms with Gasteiger partial charge in [0.1, 0.15) is 11.2 Å². The molecule has 3 N–H and O–H groups in total. The van der Waals surface area contributed by atoms with E-state index in [1.54, 1.807) is 16.8 Å². The Labute approximate surface area is 168 Å². The molecular weight excluding hydrogens is 399 g/mol. The smallest absolute Gasteiger partial charge is 0.346 e. The van der Waals surface area contributed by atoms with Gasteiger partial charge in [0, 0.05) is 23.8 Å². The molecule has 0 aromatic carbocycles. The Bertz CT molecular complexity index is 1210.